The molecule has 7 nitrogen and oxygen atoms in total. The van der Waals surface area contributed by atoms with E-state index in [1.807, 2.05) is 0 Å². The molecular formula is C16H22F4N4O3. The maximum Gasteiger partial charge on any atom is 0.395 e. The molecule has 0 aliphatic carbocycles. The fourth-order valence-corrected chi connectivity index (χ4v) is 2.81. The Morgan fingerprint density at radius 1 is 1.33 bits per heavy atom. The number of methoxy groups -OCH3 is 1. The molecule has 2 rings (SSSR count). The van der Waals surface area contributed by atoms with Crippen LogP contribution in [0.15, 0.2) is 6.33 Å². The van der Waals surface area contributed by atoms with Gasteiger partial charge in [-0.2, -0.15) is 13.2 Å². The number of likely N-dealkylation sites (tertiary alicyclic amines) is 1. The van der Waals surface area contributed by atoms with Gasteiger partial charge >= 0.3 is 6.18 Å². The first-order valence-electron chi connectivity index (χ1n) is 8.45. The Labute approximate surface area is 154 Å². The van der Waals surface area contributed by atoms with Gasteiger partial charge in [-0.15, -0.1) is 0 Å². The Morgan fingerprint density at radius 3 is 2.70 bits per heavy atom. The number of hydrogen-bond donors (Lipinski definition) is 1. The molecule has 0 spiro atoms. The number of hydrogen-bond acceptors (Lipinski definition) is 6. The van der Waals surface area contributed by atoms with E-state index in [9.17, 15) is 22.4 Å². The zero-order valence-corrected chi connectivity index (χ0v) is 15.1. The Kier molecular flexibility index (Phi) is 7.31. The summed E-state index contributed by atoms with van der Waals surface area (Å²) >= 11 is 0. The molecule has 27 heavy (non-hydrogen) atoms. The Bertz CT molecular complexity index is 645. The van der Waals surface area contributed by atoms with Crippen LogP contribution in [0.2, 0.25) is 0 Å². The van der Waals surface area contributed by atoms with Crippen molar-refractivity contribution in [3.05, 3.63) is 17.8 Å². The lowest BCUT2D eigenvalue weighted by atomic mass is 10.0. The number of anilines is 1. The highest BCUT2D eigenvalue weighted by atomic mass is 19.4. The van der Waals surface area contributed by atoms with Crippen molar-refractivity contribution in [2.45, 2.75) is 25.6 Å². The number of aromatic nitrogens is 2. The molecule has 0 unspecified atom stereocenters. The standard InChI is InChI=1S/C16H22F4N4O3/c1-3-11-14(17)15(22-9-21-11)23-12-7-24(6-10(12)16(18,19)20)13(25)8-27-5-4-26-2/h9-10,12H,3-8H2,1-2H3,(H,21,22,23)/t10-,12-/m1/s1. The van der Waals surface area contributed by atoms with Gasteiger partial charge in [0, 0.05) is 20.2 Å². The Morgan fingerprint density at radius 2 is 2.07 bits per heavy atom. The fraction of sp³-hybridized carbons (Fsp3) is 0.688. The number of ether oxygens (including phenoxy) is 2. The van der Waals surface area contributed by atoms with Crippen molar-refractivity contribution in [2.24, 2.45) is 5.92 Å². The molecule has 1 fully saturated rings. The van der Waals surface area contributed by atoms with Crippen LogP contribution < -0.4 is 5.32 Å². The highest BCUT2D eigenvalue weighted by Gasteiger charge is 2.51. The van der Waals surface area contributed by atoms with E-state index in [0.717, 1.165) is 11.2 Å². The number of aryl methyl sites for hydroxylation is 1. The van der Waals surface area contributed by atoms with E-state index >= 15 is 0 Å². The summed E-state index contributed by atoms with van der Waals surface area (Å²) in [5.41, 5.74) is 0.105. The van der Waals surface area contributed by atoms with Crippen molar-refractivity contribution in [1.82, 2.24) is 14.9 Å². The number of alkyl halides is 3. The minimum Gasteiger partial charge on any atom is -0.382 e. The minimum atomic E-state index is -4.55. The fourth-order valence-electron chi connectivity index (χ4n) is 2.81. The van der Waals surface area contributed by atoms with Crippen LogP contribution in [0.1, 0.15) is 12.6 Å². The monoisotopic (exact) mass is 394 g/mol. The molecule has 152 valence electrons. The van der Waals surface area contributed by atoms with Gasteiger partial charge in [-0.05, 0) is 6.42 Å². The topological polar surface area (TPSA) is 76.6 Å². The maximum atomic E-state index is 14.3. The van der Waals surface area contributed by atoms with E-state index in [4.69, 9.17) is 9.47 Å². The van der Waals surface area contributed by atoms with Crippen molar-refractivity contribution < 1.29 is 31.8 Å². The second-order valence-electron chi connectivity index (χ2n) is 6.08. The maximum absolute atomic E-state index is 14.3. The van der Waals surface area contributed by atoms with Crippen LogP contribution in [0.25, 0.3) is 0 Å². The summed E-state index contributed by atoms with van der Waals surface area (Å²) in [4.78, 5) is 20.6. The Balaban J connectivity index is 2.08. The molecule has 1 aromatic rings. The summed E-state index contributed by atoms with van der Waals surface area (Å²) in [6.07, 6.45) is -3.19. The van der Waals surface area contributed by atoms with E-state index < -0.39 is 36.4 Å². The summed E-state index contributed by atoms with van der Waals surface area (Å²) in [5.74, 6) is -3.50. The predicted octanol–water partition coefficient (Wildman–Crippen LogP) is 1.64. The quantitative estimate of drug-likeness (QED) is 0.534. The third kappa shape index (κ3) is 5.48. The zero-order chi connectivity index (χ0) is 20.0. The van der Waals surface area contributed by atoms with Crippen LogP contribution in [-0.4, -0.2) is 73.0 Å². The van der Waals surface area contributed by atoms with Gasteiger partial charge < -0.3 is 19.7 Å². The van der Waals surface area contributed by atoms with E-state index in [0.29, 0.717) is 0 Å². The first-order valence-corrected chi connectivity index (χ1v) is 8.45. The van der Waals surface area contributed by atoms with Crippen LogP contribution in [0, 0.1) is 11.7 Å². The normalized spacial score (nSPS) is 20.1. The number of rotatable bonds is 8. The van der Waals surface area contributed by atoms with Gasteiger partial charge in [0.15, 0.2) is 11.6 Å². The van der Waals surface area contributed by atoms with E-state index in [1.165, 1.54) is 7.11 Å². The van der Waals surface area contributed by atoms with Crippen molar-refractivity contribution >= 4 is 11.7 Å². The molecule has 0 radical (unpaired) electrons. The molecule has 1 amide bonds. The highest BCUT2D eigenvalue weighted by molar-refractivity contribution is 5.78. The molecule has 1 N–H and O–H groups in total. The average molecular weight is 394 g/mol. The SMILES string of the molecule is CCc1ncnc(N[C@@H]2CN(C(=O)COCCOC)C[C@H]2C(F)(F)F)c1F. The lowest BCUT2D eigenvalue weighted by molar-refractivity contribution is -0.173. The van der Waals surface area contributed by atoms with Crippen LogP contribution in [0.4, 0.5) is 23.4 Å². The van der Waals surface area contributed by atoms with Crippen molar-refractivity contribution in [3.8, 4) is 0 Å². The van der Waals surface area contributed by atoms with E-state index in [-0.39, 0.29) is 44.3 Å². The van der Waals surface area contributed by atoms with Gasteiger partial charge in [0.05, 0.1) is 30.9 Å². The number of amides is 1. The third-order valence-electron chi connectivity index (χ3n) is 4.27. The zero-order valence-electron chi connectivity index (χ0n) is 15.1. The van der Waals surface area contributed by atoms with Crippen molar-refractivity contribution in [1.29, 1.82) is 0 Å². The average Bonchev–Trinajstić information content (AvgIpc) is 3.05. The van der Waals surface area contributed by atoms with Gasteiger partial charge in [-0.25, -0.2) is 14.4 Å². The van der Waals surface area contributed by atoms with Gasteiger partial charge in [-0.3, -0.25) is 4.79 Å². The van der Waals surface area contributed by atoms with Gasteiger partial charge in [0.1, 0.15) is 12.9 Å². The number of nitrogens with zero attached hydrogens (tertiary/aromatic N) is 3. The second-order valence-corrected chi connectivity index (χ2v) is 6.08. The first kappa shape index (κ1) is 21.3. The summed E-state index contributed by atoms with van der Waals surface area (Å²) in [6.45, 7) is 1.00. The van der Waals surface area contributed by atoms with Gasteiger partial charge in [0.25, 0.3) is 0 Å². The largest absolute Gasteiger partial charge is 0.395 e. The van der Waals surface area contributed by atoms with Crippen LogP contribution in [0.3, 0.4) is 0 Å². The van der Waals surface area contributed by atoms with Crippen molar-refractivity contribution in [3.63, 3.8) is 0 Å². The molecule has 0 bridgehead atoms. The van der Waals surface area contributed by atoms with Gasteiger partial charge in [0.2, 0.25) is 5.91 Å². The lowest BCUT2D eigenvalue weighted by Crippen LogP contribution is -2.38. The number of carbonyl (C=O) groups excluding carboxylic acids is 1. The van der Waals surface area contributed by atoms with Crippen LogP contribution in [-0.2, 0) is 20.7 Å². The van der Waals surface area contributed by atoms with Crippen LogP contribution >= 0.6 is 0 Å². The first-order chi connectivity index (χ1) is 12.8. The lowest BCUT2D eigenvalue weighted by Gasteiger charge is -2.22. The highest BCUT2D eigenvalue weighted by Crippen LogP contribution is 2.35. The molecule has 1 aliphatic rings. The van der Waals surface area contributed by atoms with Crippen molar-refractivity contribution in [2.75, 3.05) is 45.3 Å². The number of halogens is 4. The van der Waals surface area contributed by atoms with Crippen LogP contribution in [0.5, 0.6) is 0 Å². The molecule has 11 heteroatoms. The smallest absolute Gasteiger partial charge is 0.382 e. The molecule has 1 aliphatic heterocycles. The molecule has 2 atom stereocenters. The summed E-state index contributed by atoms with van der Waals surface area (Å²) < 4.78 is 64.3. The van der Waals surface area contributed by atoms with E-state index in [2.05, 4.69) is 15.3 Å². The molecule has 1 aromatic heterocycles. The summed E-state index contributed by atoms with van der Waals surface area (Å²) in [5, 5.41) is 2.50. The third-order valence-corrected chi connectivity index (χ3v) is 4.27. The van der Waals surface area contributed by atoms with E-state index in [1.54, 1.807) is 6.92 Å². The summed E-state index contributed by atoms with van der Waals surface area (Å²) in [7, 11) is 1.46. The molecule has 0 saturated carbocycles. The number of nitrogens with one attached hydrogen (secondary N) is 1. The molecule has 1 saturated heterocycles. The Hall–Kier alpha value is -2.01. The van der Waals surface area contributed by atoms with Gasteiger partial charge in [-0.1, -0.05) is 6.92 Å². The molecule has 2 heterocycles. The second kappa shape index (κ2) is 9.27. The molecular weight excluding hydrogens is 372 g/mol. The number of carbonyl (C=O) groups is 1. The summed E-state index contributed by atoms with van der Waals surface area (Å²) in [6, 6.07) is -1.22. The minimum absolute atomic E-state index is 0.105. The predicted molar refractivity (Wildman–Crippen MR) is 87.6 cm³/mol. The molecule has 0 aromatic carbocycles.